The van der Waals surface area contributed by atoms with Crippen LogP contribution in [0.3, 0.4) is 0 Å². The lowest BCUT2D eigenvalue weighted by molar-refractivity contribution is -0.385. The average molecular weight is 352 g/mol. The van der Waals surface area contributed by atoms with E-state index >= 15 is 0 Å². The van der Waals surface area contributed by atoms with Crippen molar-refractivity contribution in [2.24, 2.45) is 4.99 Å². The van der Waals surface area contributed by atoms with Crippen molar-refractivity contribution in [3.8, 4) is 11.4 Å². The molecule has 1 aromatic heterocycles. The molecule has 8 heteroatoms. The van der Waals surface area contributed by atoms with Gasteiger partial charge in [-0.3, -0.25) is 25.0 Å². The van der Waals surface area contributed by atoms with Crippen molar-refractivity contribution in [3.05, 3.63) is 80.3 Å². The van der Waals surface area contributed by atoms with Gasteiger partial charge in [0.1, 0.15) is 0 Å². The number of rotatable bonds is 5. The molecule has 2 aromatic carbocycles. The molecule has 132 valence electrons. The molecule has 0 aliphatic rings. The molecule has 0 spiro atoms. The lowest BCUT2D eigenvalue weighted by Crippen LogP contribution is -2.17. The van der Waals surface area contributed by atoms with E-state index in [-0.39, 0.29) is 17.0 Å². The maximum atomic E-state index is 12.6. The first-order chi connectivity index (χ1) is 12.5. The van der Waals surface area contributed by atoms with Crippen molar-refractivity contribution < 1.29 is 9.66 Å². The number of hydrogen-bond donors (Lipinski definition) is 1. The minimum atomic E-state index is -0.540. The summed E-state index contributed by atoms with van der Waals surface area (Å²) in [6, 6.07) is 13.5. The van der Waals surface area contributed by atoms with Crippen LogP contribution in [0.1, 0.15) is 11.3 Å². The second-order valence-electron chi connectivity index (χ2n) is 5.50. The Kier molecular flexibility index (Phi) is 4.66. The van der Waals surface area contributed by atoms with Gasteiger partial charge in [-0.25, -0.2) is 4.68 Å². The molecule has 0 saturated carbocycles. The number of nitro groups is 1. The smallest absolute Gasteiger partial charge is 0.313 e. The van der Waals surface area contributed by atoms with Crippen LogP contribution >= 0.6 is 0 Å². The van der Waals surface area contributed by atoms with Crippen molar-refractivity contribution >= 4 is 17.6 Å². The number of aryl methyl sites for hydroxylation is 1. The van der Waals surface area contributed by atoms with Crippen molar-refractivity contribution in [3.63, 3.8) is 0 Å². The Morgan fingerprint density at radius 1 is 1.23 bits per heavy atom. The fourth-order valence-corrected chi connectivity index (χ4v) is 2.51. The number of para-hydroxylation sites is 1. The van der Waals surface area contributed by atoms with Crippen LogP contribution < -0.4 is 10.3 Å². The third-order valence-corrected chi connectivity index (χ3v) is 3.83. The molecule has 3 aromatic rings. The summed E-state index contributed by atoms with van der Waals surface area (Å²) in [5.74, 6) is 0.151. The number of nitrogens with one attached hydrogen (secondary N) is 1. The van der Waals surface area contributed by atoms with Gasteiger partial charge in [-0.15, -0.1) is 0 Å². The number of nitro benzene ring substituents is 1. The van der Waals surface area contributed by atoms with E-state index in [0.29, 0.717) is 22.6 Å². The zero-order chi connectivity index (χ0) is 18.7. The van der Waals surface area contributed by atoms with Gasteiger partial charge in [0.15, 0.2) is 5.75 Å². The molecule has 1 heterocycles. The Bertz CT molecular complexity index is 1040. The van der Waals surface area contributed by atoms with Gasteiger partial charge in [0.2, 0.25) is 0 Å². The molecule has 0 aliphatic heterocycles. The van der Waals surface area contributed by atoms with Gasteiger partial charge in [0.25, 0.3) is 5.56 Å². The van der Waals surface area contributed by atoms with E-state index in [1.165, 1.54) is 30.1 Å². The predicted octanol–water partition coefficient (Wildman–Crippen LogP) is 3.14. The Hall–Kier alpha value is -3.68. The lowest BCUT2D eigenvalue weighted by atomic mass is 10.2. The lowest BCUT2D eigenvalue weighted by Gasteiger charge is -2.01. The first-order valence-electron chi connectivity index (χ1n) is 7.75. The van der Waals surface area contributed by atoms with Crippen LogP contribution in [-0.2, 0) is 0 Å². The van der Waals surface area contributed by atoms with Gasteiger partial charge in [0, 0.05) is 18.0 Å². The predicted molar refractivity (Wildman–Crippen MR) is 98.0 cm³/mol. The summed E-state index contributed by atoms with van der Waals surface area (Å²) in [7, 11) is 1.36. The van der Waals surface area contributed by atoms with Crippen LogP contribution in [0.4, 0.5) is 11.4 Å². The van der Waals surface area contributed by atoms with Crippen LogP contribution in [0.25, 0.3) is 5.69 Å². The third-order valence-electron chi connectivity index (χ3n) is 3.83. The standard InChI is InChI=1S/C18H16N4O4/c1-12-15(18(23)21(20-12)14-6-4-3-5-7-14)11-19-13-8-9-17(26-2)16(10-13)22(24)25/h3-11,20H,1-2H3. The number of benzene rings is 2. The molecule has 3 rings (SSSR count). The maximum absolute atomic E-state index is 12.6. The quantitative estimate of drug-likeness (QED) is 0.433. The number of H-pyrrole nitrogens is 1. The Labute approximate surface area is 148 Å². The fraction of sp³-hybridized carbons (Fsp3) is 0.111. The number of hydrogen-bond acceptors (Lipinski definition) is 5. The molecule has 0 unspecified atom stereocenters. The van der Waals surface area contributed by atoms with Gasteiger partial charge < -0.3 is 4.74 Å². The number of ether oxygens (including phenoxy) is 1. The zero-order valence-corrected chi connectivity index (χ0v) is 14.2. The van der Waals surface area contributed by atoms with Crippen LogP contribution in [0.15, 0.2) is 58.3 Å². The average Bonchev–Trinajstić information content (AvgIpc) is 2.94. The molecule has 0 fully saturated rings. The topological polar surface area (TPSA) is 103 Å². The van der Waals surface area contributed by atoms with E-state index in [1.807, 2.05) is 30.3 Å². The summed E-state index contributed by atoms with van der Waals surface area (Å²) >= 11 is 0. The molecule has 0 atom stereocenters. The highest BCUT2D eigenvalue weighted by atomic mass is 16.6. The van der Waals surface area contributed by atoms with Gasteiger partial charge >= 0.3 is 5.69 Å². The minimum absolute atomic E-state index is 0.151. The summed E-state index contributed by atoms with van der Waals surface area (Å²) in [5.41, 5.74) is 1.65. The van der Waals surface area contributed by atoms with Crippen LogP contribution in [0, 0.1) is 17.0 Å². The van der Waals surface area contributed by atoms with Crippen molar-refractivity contribution in [1.29, 1.82) is 0 Å². The van der Waals surface area contributed by atoms with Gasteiger partial charge in [0.05, 0.1) is 29.0 Å². The molecule has 0 bridgehead atoms. The van der Waals surface area contributed by atoms with Crippen LogP contribution in [-0.4, -0.2) is 28.0 Å². The Morgan fingerprint density at radius 2 is 1.96 bits per heavy atom. The van der Waals surface area contributed by atoms with Crippen LogP contribution in [0.5, 0.6) is 5.75 Å². The van der Waals surface area contributed by atoms with E-state index in [0.717, 1.165) is 0 Å². The number of nitrogens with zero attached hydrogens (tertiary/aromatic N) is 3. The number of aliphatic imine (C=N–C) groups is 1. The first-order valence-corrected chi connectivity index (χ1v) is 7.75. The molecule has 0 amide bonds. The Morgan fingerprint density at radius 3 is 2.62 bits per heavy atom. The minimum Gasteiger partial charge on any atom is -0.490 e. The summed E-state index contributed by atoms with van der Waals surface area (Å²) in [5, 5.41) is 14.1. The number of aromatic nitrogens is 2. The van der Waals surface area contributed by atoms with E-state index < -0.39 is 4.92 Å². The van der Waals surface area contributed by atoms with Crippen molar-refractivity contribution in [2.75, 3.05) is 7.11 Å². The SMILES string of the molecule is COc1ccc(N=Cc2c(C)[nH]n(-c3ccccc3)c2=O)cc1[N+](=O)[O-]. The zero-order valence-electron chi connectivity index (χ0n) is 14.2. The summed E-state index contributed by atoms with van der Waals surface area (Å²) in [6.45, 7) is 1.76. The van der Waals surface area contributed by atoms with E-state index in [1.54, 1.807) is 13.0 Å². The van der Waals surface area contributed by atoms with E-state index in [2.05, 4.69) is 10.1 Å². The second-order valence-corrected chi connectivity index (χ2v) is 5.50. The van der Waals surface area contributed by atoms with Gasteiger partial charge in [-0.05, 0) is 31.2 Å². The van der Waals surface area contributed by atoms with E-state index in [9.17, 15) is 14.9 Å². The fourth-order valence-electron chi connectivity index (χ4n) is 2.51. The highest BCUT2D eigenvalue weighted by Crippen LogP contribution is 2.30. The van der Waals surface area contributed by atoms with Crippen molar-refractivity contribution in [1.82, 2.24) is 9.78 Å². The third kappa shape index (κ3) is 3.25. The molecule has 8 nitrogen and oxygen atoms in total. The second kappa shape index (κ2) is 7.06. The number of methoxy groups -OCH3 is 1. The highest BCUT2D eigenvalue weighted by molar-refractivity contribution is 5.83. The summed E-state index contributed by atoms with van der Waals surface area (Å²) < 4.78 is 6.39. The monoisotopic (exact) mass is 352 g/mol. The van der Waals surface area contributed by atoms with Gasteiger partial charge in [-0.2, -0.15) is 0 Å². The summed E-state index contributed by atoms with van der Waals surface area (Å²) in [4.78, 5) is 27.4. The first kappa shape index (κ1) is 17.2. The number of aromatic amines is 1. The summed E-state index contributed by atoms with van der Waals surface area (Å²) in [6.07, 6.45) is 1.40. The highest BCUT2D eigenvalue weighted by Gasteiger charge is 2.15. The normalized spacial score (nSPS) is 11.0. The molecular formula is C18H16N4O4. The van der Waals surface area contributed by atoms with Gasteiger partial charge in [-0.1, -0.05) is 18.2 Å². The molecule has 26 heavy (non-hydrogen) atoms. The molecule has 0 aliphatic carbocycles. The van der Waals surface area contributed by atoms with Crippen molar-refractivity contribution in [2.45, 2.75) is 6.92 Å². The largest absolute Gasteiger partial charge is 0.490 e. The Balaban J connectivity index is 1.97. The molecule has 1 N–H and O–H groups in total. The maximum Gasteiger partial charge on any atom is 0.313 e. The molecular weight excluding hydrogens is 336 g/mol. The van der Waals surface area contributed by atoms with Crippen LogP contribution in [0.2, 0.25) is 0 Å². The molecule has 0 saturated heterocycles. The van der Waals surface area contributed by atoms with E-state index in [4.69, 9.17) is 4.74 Å². The molecule has 0 radical (unpaired) electrons.